The van der Waals surface area contributed by atoms with Gasteiger partial charge in [0, 0.05) is 29.6 Å². The largest absolute Gasteiger partial charge is 0.436 e. The number of piperidine rings is 1. The molecule has 1 saturated heterocycles. The van der Waals surface area contributed by atoms with Gasteiger partial charge in [-0.3, -0.25) is 9.47 Å². The standard InChI is InChI=1S/C21H25ClN4O4/c1-21(15-25-13-19(26(27)28)23-20(25)30-21)14-24-10-8-18(9-11-24)29-12-2-3-16-4-6-17(22)7-5-16/h2-7,13,18H,8-12,14-15H2,1H3/b3-2+/t21-/m0/s1. The van der Waals surface area contributed by atoms with Crippen molar-refractivity contribution in [3.63, 3.8) is 0 Å². The first-order valence-electron chi connectivity index (χ1n) is 10.1. The molecule has 0 unspecified atom stereocenters. The first kappa shape index (κ1) is 20.8. The summed E-state index contributed by atoms with van der Waals surface area (Å²) in [5.41, 5.74) is 0.680. The van der Waals surface area contributed by atoms with Gasteiger partial charge < -0.3 is 19.6 Å². The molecule has 0 aliphatic carbocycles. The van der Waals surface area contributed by atoms with E-state index in [1.807, 2.05) is 43.3 Å². The highest BCUT2D eigenvalue weighted by Gasteiger charge is 2.41. The molecular weight excluding hydrogens is 408 g/mol. The maximum atomic E-state index is 10.8. The zero-order chi connectivity index (χ0) is 21.1. The molecule has 3 heterocycles. The van der Waals surface area contributed by atoms with Gasteiger partial charge in [0.25, 0.3) is 0 Å². The van der Waals surface area contributed by atoms with Crippen LogP contribution in [0.3, 0.4) is 0 Å². The highest BCUT2D eigenvalue weighted by atomic mass is 35.5. The summed E-state index contributed by atoms with van der Waals surface area (Å²) < 4.78 is 13.7. The molecule has 1 aromatic carbocycles. The Kier molecular flexibility index (Phi) is 6.08. The Morgan fingerprint density at radius 2 is 2.10 bits per heavy atom. The molecule has 0 amide bonds. The van der Waals surface area contributed by atoms with Crippen molar-refractivity contribution in [2.45, 2.75) is 38.0 Å². The molecule has 1 fully saturated rings. The SMILES string of the molecule is C[C@]1(CN2CCC(OC/C=C/c3ccc(Cl)cc3)CC2)Cn2cc([N+](=O)[O-])nc2O1. The van der Waals surface area contributed by atoms with Crippen molar-refractivity contribution in [3.8, 4) is 6.01 Å². The molecule has 1 atom stereocenters. The Morgan fingerprint density at radius 3 is 2.77 bits per heavy atom. The summed E-state index contributed by atoms with van der Waals surface area (Å²) in [4.78, 5) is 16.7. The van der Waals surface area contributed by atoms with Crippen molar-refractivity contribution in [2.75, 3.05) is 26.2 Å². The molecule has 30 heavy (non-hydrogen) atoms. The maximum Gasteiger partial charge on any atom is 0.415 e. The lowest BCUT2D eigenvalue weighted by Gasteiger charge is -2.36. The third-order valence-corrected chi connectivity index (χ3v) is 5.71. The maximum absolute atomic E-state index is 10.8. The minimum atomic E-state index is -0.499. The van der Waals surface area contributed by atoms with Crippen LogP contribution in [0, 0.1) is 10.1 Å². The Labute approximate surface area is 180 Å². The molecule has 0 spiro atoms. The van der Waals surface area contributed by atoms with Gasteiger partial charge in [-0.1, -0.05) is 35.9 Å². The van der Waals surface area contributed by atoms with Crippen molar-refractivity contribution < 1.29 is 14.4 Å². The minimum absolute atomic E-state index is 0.171. The molecule has 1 aromatic heterocycles. The van der Waals surface area contributed by atoms with E-state index in [4.69, 9.17) is 21.1 Å². The van der Waals surface area contributed by atoms with Gasteiger partial charge in [-0.15, -0.1) is 0 Å². The quantitative estimate of drug-likeness (QED) is 0.489. The van der Waals surface area contributed by atoms with E-state index in [-0.39, 0.29) is 11.9 Å². The fraction of sp³-hybridized carbons (Fsp3) is 0.476. The van der Waals surface area contributed by atoms with Gasteiger partial charge in [-0.25, -0.2) is 0 Å². The van der Waals surface area contributed by atoms with Crippen LogP contribution >= 0.6 is 11.6 Å². The molecular formula is C21H25ClN4O4. The number of hydrogen-bond acceptors (Lipinski definition) is 6. The Balaban J connectivity index is 1.19. The smallest absolute Gasteiger partial charge is 0.415 e. The van der Waals surface area contributed by atoms with E-state index in [1.165, 1.54) is 6.20 Å². The molecule has 2 aliphatic rings. The van der Waals surface area contributed by atoms with E-state index in [0.29, 0.717) is 19.2 Å². The summed E-state index contributed by atoms with van der Waals surface area (Å²) in [5.74, 6) is -0.171. The summed E-state index contributed by atoms with van der Waals surface area (Å²) >= 11 is 5.89. The highest BCUT2D eigenvalue weighted by Crippen LogP contribution is 2.32. The number of nitrogens with zero attached hydrogens (tertiary/aromatic N) is 4. The Bertz CT molecular complexity index is 896. The van der Waals surface area contributed by atoms with Gasteiger partial charge in [-0.05, 0) is 42.4 Å². The van der Waals surface area contributed by atoms with E-state index in [2.05, 4.69) is 9.88 Å². The molecule has 8 nitrogen and oxygen atoms in total. The van der Waals surface area contributed by atoms with E-state index in [0.717, 1.165) is 43.1 Å². The predicted molar refractivity (Wildman–Crippen MR) is 114 cm³/mol. The van der Waals surface area contributed by atoms with Crippen LogP contribution in [0.15, 0.2) is 36.5 Å². The summed E-state index contributed by atoms with van der Waals surface area (Å²) in [6.07, 6.45) is 7.72. The van der Waals surface area contributed by atoms with Gasteiger partial charge in [0.2, 0.25) is 0 Å². The summed E-state index contributed by atoms with van der Waals surface area (Å²) in [5, 5.41) is 11.6. The summed E-state index contributed by atoms with van der Waals surface area (Å²) in [6.45, 7) is 5.81. The van der Waals surface area contributed by atoms with Gasteiger partial charge in [0.15, 0.2) is 0 Å². The van der Waals surface area contributed by atoms with Crippen molar-refractivity contribution in [3.05, 3.63) is 57.2 Å². The molecule has 0 radical (unpaired) electrons. The number of fused-ring (bicyclic) bond motifs is 1. The molecule has 0 bridgehead atoms. The number of nitro groups is 1. The number of benzene rings is 1. The van der Waals surface area contributed by atoms with E-state index >= 15 is 0 Å². The first-order chi connectivity index (χ1) is 14.4. The Hall–Kier alpha value is -2.42. The Morgan fingerprint density at radius 1 is 1.37 bits per heavy atom. The van der Waals surface area contributed by atoms with Crippen LogP contribution in [-0.4, -0.2) is 57.3 Å². The van der Waals surface area contributed by atoms with Crippen LogP contribution in [0.25, 0.3) is 6.08 Å². The zero-order valence-electron chi connectivity index (χ0n) is 16.9. The van der Waals surface area contributed by atoms with Crippen LogP contribution in [0.5, 0.6) is 6.01 Å². The first-order valence-corrected chi connectivity index (χ1v) is 10.4. The van der Waals surface area contributed by atoms with Gasteiger partial charge in [0.1, 0.15) is 11.8 Å². The monoisotopic (exact) mass is 432 g/mol. The minimum Gasteiger partial charge on any atom is -0.436 e. The van der Waals surface area contributed by atoms with Crippen LogP contribution in [0.4, 0.5) is 5.82 Å². The number of rotatable bonds is 7. The number of hydrogen-bond donors (Lipinski definition) is 0. The fourth-order valence-electron chi connectivity index (χ4n) is 4.02. The van der Waals surface area contributed by atoms with E-state index in [9.17, 15) is 10.1 Å². The average molecular weight is 433 g/mol. The second-order valence-corrected chi connectivity index (χ2v) is 8.52. The van der Waals surface area contributed by atoms with Crippen molar-refractivity contribution in [2.24, 2.45) is 0 Å². The molecule has 0 saturated carbocycles. The topological polar surface area (TPSA) is 82.7 Å². The second kappa shape index (κ2) is 8.75. The normalized spacial score (nSPS) is 22.3. The number of halogens is 1. The molecule has 9 heteroatoms. The van der Waals surface area contributed by atoms with Crippen molar-refractivity contribution in [1.82, 2.24) is 14.5 Å². The second-order valence-electron chi connectivity index (χ2n) is 8.08. The molecule has 160 valence electrons. The lowest BCUT2D eigenvalue weighted by molar-refractivity contribution is -0.389. The number of imidazole rings is 1. The number of likely N-dealkylation sites (tertiary alicyclic amines) is 1. The van der Waals surface area contributed by atoms with E-state index in [1.54, 1.807) is 4.57 Å². The number of ether oxygens (including phenoxy) is 2. The summed E-state index contributed by atoms with van der Waals surface area (Å²) in [6, 6.07) is 8.04. The lowest BCUT2D eigenvalue weighted by Crippen LogP contribution is -2.48. The van der Waals surface area contributed by atoms with Gasteiger partial charge >= 0.3 is 11.8 Å². The van der Waals surface area contributed by atoms with Crippen LogP contribution in [-0.2, 0) is 11.3 Å². The third-order valence-electron chi connectivity index (χ3n) is 5.46. The van der Waals surface area contributed by atoms with Crippen molar-refractivity contribution in [1.29, 1.82) is 0 Å². The molecule has 2 aromatic rings. The highest BCUT2D eigenvalue weighted by molar-refractivity contribution is 6.30. The zero-order valence-corrected chi connectivity index (χ0v) is 17.6. The van der Waals surface area contributed by atoms with Crippen LogP contribution in [0.1, 0.15) is 25.3 Å². The number of aromatic nitrogens is 2. The average Bonchev–Trinajstić information content (AvgIpc) is 3.23. The van der Waals surface area contributed by atoms with Gasteiger partial charge in [-0.2, -0.15) is 0 Å². The summed E-state index contributed by atoms with van der Waals surface area (Å²) in [7, 11) is 0. The lowest BCUT2D eigenvalue weighted by atomic mass is 10.0. The van der Waals surface area contributed by atoms with Crippen LogP contribution in [0.2, 0.25) is 5.02 Å². The van der Waals surface area contributed by atoms with Crippen molar-refractivity contribution >= 4 is 23.5 Å². The molecule has 2 aliphatic heterocycles. The molecule has 4 rings (SSSR count). The van der Waals surface area contributed by atoms with Gasteiger partial charge in [0.05, 0.1) is 19.3 Å². The fourth-order valence-corrected chi connectivity index (χ4v) is 4.15. The van der Waals surface area contributed by atoms with E-state index < -0.39 is 10.5 Å². The third kappa shape index (κ3) is 5.00. The molecule has 0 N–H and O–H groups in total. The predicted octanol–water partition coefficient (Wildman–Crippen LogP) is 3.79. The van der Waals surface area contributed by atoms with Crippen LogP contribution < -0.4 is 4.74 Å².